The van der Waals surface area contributed by atoms with Crippen LogP contribution in [0.25, 0.3) is 16.8 Å². The first kappa shape index (κ1) is 23.0. The van der Waals surface area contributed by atoms with E-state index in [4.69, 9.17) is 4.74 Å². The van der Waals surface area contributed by atoms with Crippen molar-refractivity contribution in [1.82, 2.24) is 30.4 Å². The predicted molar refractivity (Wildman–Crippen MR) is 123 cm³/mol. The van der Waals surface area contributed by atoms with Gasteiger partial charge < -0.3 is 10.1 Å². The van der Waals surface area contributed by atoms with Crippen molar-refractivity contribution in [2.75, 3.05) is 26.7 Å². The van der Waals surface area contributed by atoms with Gasteiger partial charge in [0.2, 0.25) is 0 Å². The lowest BCUT2D eigenvalue weighted by molar-refractivity contribution is 0.0287. The summed E-state index contributed by atoms with van der Waals surface area (Å²) in [5.41, 5.74) is 2.81. The van der Waals surface area contributed by atoms with Crippen LogP contribution in [0.5, 0.6) is 0 Å². The summed E-state index contributed by atoms with van der Waals surface area (Å²) in [6, 6.07) is 10.1. The first-order valence-corrected chi connectivity index (χ1v) is 11.1. The quantitative estimate of drug-likeness (QED) is 0.593. The van der Waals surface area contributed by atoms with Gasteiger partial charge in [0.25, 0.3) is 5.91 Å². The third-order valence-corrected chi connectivity index (χ3v) is 5.93. The molecular weight excluding hydrogens is 423 g/mol. The Bertz CT molecular complexity index is 1100. The molecule has 0 bridgehead atoms. The minimum absolute atomic E-state index is 0.0654. The van der Waals surface area contributed by atoms with E-state index in [1.165, 1.54) is 17.1 Å². The Balaban J connectivity index is 1.57. The van der Waals surface area contributed by atoms with Crippen molar-refractivity contribution in [3.8, 4) is 16.8 Å². The maximum absolute atomic E-state index is 14.7. The highest BCUT2D eigenvalue weighted by Gasteiger charge is 2.22. The number of nitrogens with one attached hydrogen (secondary N) is 1. The largest absolute Gasteiger partial charge is 0.380 e. The number of carbonyl (C=O) groups excluding carboxylic acids is 1. The second-order valence-corrected chi connectivity index (χ2v) is 8.64. The zero-order chi connectivity index (χ0) is 23.4. The topological polar surface area (TPSA) is 85.2 Å². The molecule has 1 fully saturated rings. The van der Waals surface area contributed by atoms with E-state index in [0.717, 1.165) is 38.0 Å². The number of aryl methyl sites for hydroxylation is 1. The Morgan fingerprint density at radius 3 is 2.88 bits per heavy atom. The number of ether oxygens (including phenoxy) is 1. The number of piperidine rings is 1. The lowest BCUT2D eigenvalue weighted by atomic mass is 9.99. The fraction of sp³-hybridized carbons (Fsp3) is 0.417. The summed E-state index contributed by atoms with van der Waals surface area (Å²) in [6.07, 6.45) is 3.83. The van der Waals surface area contributed by atoms with Crippen molar-refractivity contribution in [2.45, 2.75) is 38.8 Å². The first-order chi connectivity index (χ1) is 15.9. The Hall–Kier alpha value is -3.17. The van der Waals surface area contributed by atoms with E-state index in [1.54, 1.807) is 31.4 Å². The van der Waals surface area contributed by atoms with Crippen LogP contribution in [0.2, 0.25) is 0 Å². The summed E-state index contributed by atoms with van der Waals surface area (Å²) in [6.45, 7) is 6.41. The molecule has 174 valence electrons. The van der Waals surface area contributed by atoms with Gasteiger partial charge in [-0.3, -0.25) is 9.69 Å². The van der Waals surface area contributed by atoms with E-state index in [9.17, 15) is 9.18 Å². The number of hydrogen-bond acceptors (Lipinski definition) is 6. The number of hydrogen-bond donors (Lipinski definition) is 1. The summed E-state index contributed by atoms with van der Waals surface area (Å²) in [4.78, 5) is 15.5. The number of rotatable bonds is 7. The SMILES string of the molecule is COC1CCCN(C[C@@H](C)NC(=O)c2cc(-c3ccc(C)cc3F)cc(-n3cnnn3)c2)C1. The molecule has 33 heavy (non-hydrogen) atoms. The molecule has 0 radical (unpaired) electrons. The third-order valence-electron chi connectivity index (χ3n) is 5.93. The van der Waals surface area contributed by atoms with Crippen molar-refractivity contribution in [1.29, 1.82) is 0 Å². The predicted octanol–water partition coefficient (Wildman–Crippen LogP) is 3.01. The molecule has 8 nitrogen and oxygen atoms in total. The number of likely N-dealkylation sites (tertiary alicyclic amines) is 1. The summed E-state index contributed by atoms with van der Waals surface area (Å²) in [7, 11) is 1.74. The molecule has 2 heterocycles. The molecule has 1 unspecified atom stereocenters. The Labute approximate surface area is 192 Å². The molecule has 1 aliphatic heterocycles. The van der Waals surface area contributed by atoms with Gasteiger partial charge >= 0.3 is 0 Å². The maximum atomic E-state index is 14.7. The van der Waals surface area contributed by atoms with E-state index in [0.29, 0.717) is 22.4 Å². The van der Waals surface area contributed by atoms with Gasteiger partial charge in [-0.15, -0.1) is 5.10 Å². The van der Waals surface area contributed by atoms with Crippen LogP contribution in [-0.4, -0.2) is 69.9 Å². The lowest BCUT2D eigenvalue weighted by Gasteiger charge is -2.33. The van der Waals surface area contributed by atoms with Gasteiger partial charge in [0.15, 0.2) is 0 Å². The maximum Gasteiger partial charge on any atom is 0.251 e. The van der Waals surface area contributed by atoms with Gasteiger partial charge in [-0.25, -0.2) is 9.07 Å². The van der Waals surface area contributed by atoms with E-state index >= 15 is 0 Å². The average Bonchev–Trinajstić information content (AvgIpc) is 3.34. The minimum atomic E-state index is -0.346. The van der Waals surface area contributed by atoms with E-state index in [1.807, 2.05) is 19.9 Å². The van der Waals surface area contributed by atoms with Gasteiger partial charge in [-0.2, -0.15) is 0 Å². The van der Waals surface area contributed by atoms with Crippen LogP contribution in [0.3, 0.4) is 0 Å². The molecule has 2 atom stereocenters. The summed E-state index contributed by atoms with van der Waals surface area (Å²) < 4.78 is 21.7. The summed E-state index contributed by atoms with van der Waals surface area (Å²) in [5.74, 6) is -0.576. The zero-order valence-electron chi connectivity index (χ0n) is 19.2. The molecular formula is C24H29FN6O2. The van der Waals surface area contributed by atoms with Gasteiger partial charge in [0.05, 0.1) is 11.8 Å². The van der Waals surface area contributed by atoms with Gasteiger partial charge in [-0.1, -0.05) is 12.1 Å². The lowest BCUT2D eigenvalue weighted by Crippen LogP contribution is -2.47. The Morgan fingerprint density at radius 1 is 1.30 bits per heavy atom. The van der Waals surface area contributed by atoms with Crippen LogP contribution in [0.1, 0.15) is 35.7 Å². The molecule has 1 aromatic heterocycles. The zero-order valence-corrected chi connectivity index (χ0v) is 19.2. The molecule has 1 N–H and O–H groups in total. The molecule has 1 saturated heterocycles. The third kappa shape index (κ3) is 5.61. The highest BCUT2D eigenvalue weighted by molar-refractivity contribution is 5.96. The number of halogens is 1. The summed E-state index contributed by atoms with van der Waals surface area (Å²) in [5, 5.41) is 14.3. The van der Waals surface area contributed by atoms with Crippen molar-refractivity contribution >= 4 is 5.91 Å². The average molecular weight is 453 g/mol. The summed E-state index contributed by atoms with van der Waals surface area (Å²) >= 11 is 0. The Morgan fingerprint density at radius 2 is 2.15 bits per heavy atom. The molecule has 9 heteroatoms. The van der Waals surface area contributed by atoms with Crippen LogP contribution < -0.4 is 5.32 Å². The molecule has 2 aromatic carbocycles. The second-order valence-electron chi connectivity index (χ2n) is 8.64. The van der Waals surface area contributed by atoms with E-state index in [-0.39, 0.29) is 23.9 Å². The molecule has 1 aliphatic rings. The van der Waals surface area contributed by atoms with Crippen LogP contribution in [0, 0.1) is 12.7 Å². The second kappa shape index (κ2) is 10.2. The van der Waals surface area contributed by atoms with Crippen molar-refractivity contribution < 1.29 is 13.9 Å². The number of carbonyl (C=O) groups is 1. The fourth-order valence-corrected chi connectivity index (χ4v) is 4.28. The number of aromatic nitrogens is 4. The van der Waals surface area contributed by atoms with Crippen molar-refractivity contribution in [2.24, 2.45) is 0 Å². The minimum Gasteiger partial charge on any atom is -0.380 e. The molecule has 1 amide bonds. The first-order valence-electron chi connectivity index (χ1n) is 11.1. The molecule has 3 aromatic rings. The van der Waals surface area contributed by atoms with Crippen LogP contribution in [-0.2, 0) is 4.74 Å². The van der Waals surface area contributed by atoms with Crippen molar-refractivity contribution in [3.05, 3.63) is 59.7 Å². The smallest absolute Gasteiger partial charge is 0.251 e. The Kier molecular flexibility index (Phi) is 7.10. The van der Waals surface area contributed by atoms with E-state index in [2.05, 4.69) is 25.7 Å². The van der Waals surface area contributed by atoms with Gasteiger partial charge in [-0.05, 0) is 79.1 Å². The normalized spacial score (nSPS) is 17.6. The van der Waals surface area contributed by atoms with Crippen LogP contribution in [0.4, 0.5) is 4.39 Å². The number of methoxy groups -OCH3 is 1. The number of tetrazole rings is 1. The van der Waals surface area contributed by atoms with Crippen molar-refractivity contribution in [3.63, 3.8) is 0 Å². The number of nitrogens with zero attached hydrogens (tertiary/aromatic N) is 5. The van der Waals surface area contributed by atoms with Gasteiger partial charge in [0, 0.05) is 37.4 Å². The molecule has 4 rings (SSSR count). The standard InChI is InChI=1S/C24H29FN6O2/c1-16-6-7-22(23(25)9-16)18-10-19(12-20(11-18)31-15-26-28-29-31)24(32)27-17(2)13-30-8-4-5-21(14-30)33-3/h6-7,9-12,15,17,21H,4-5,8,13-14H2,1-3H3,(H,27,32)/t17-,21?/m1/s1. The highest BCUT2D eigenvalue weighted by atomic mass is 19.1. The molecule has 0 spiro atoms. The van der Waals surface area contributed by atoms with Crippen LogP contribution in [0.15, 0.2) is 42.7 Å². The van der Waals surface area contributed by atoms with E-state index < -0.39 is 0 Å². The van der Waals surface area contributed by atoms with Gasteiger partial charge in [0.1, 0.15) is 12.1 Å². The highest BCUT2D eigenvalue weighted by Crippen LogP contribution is 2.27. The molecule has 0 saturated carbocycles. The number of benzene rings is 2. The fourth-order valence-electron chi connectivity index (χ4n) is 4.28. The number of amides is 1. The van der Waals surface area contributed by atoms with Crippen LogP contribution >= 0.6 is 0 Å². The monoisotopic (exact) mass is 452 g/mol. The molecule has 0 aliphatic carbocycles.